The van der Waals surface area contributed by atoms with Crippen LogP contribution < -0.4 is 14.2 Å². The van der Waals surface area contributed by atoms with Gasteiger partial charge < -0.3 is 14.2 Å². The monoisotopic (exact) mass is 285 g/mol. The molecule has 1 radical (unpaired) electrons. The zero-order chi connectivity index (χ0) is 15.4. The van der Waals surface area contributed by atoms with E-state index in [-0.39, 0.29) is 5.92 Å². The lowest BCUT2D eigenvalue weighted by Gasteiger charge is -2.20. The van der Waals surface area contributed by atoms with Crippen LogP contribution in [-0.4, -0.2) is 21.3 Å². The maximum absolute atomic E-state index is 5.50. The SMILES string of the molecule is [CH2]C(c1ccc(C)cc1)c1c(OC)cc(OC)cc1OC. The topological polar surface area (TPSA) is 27.7 Å². The molecule has 0 aromatic heterocycles. The first-order valence-corrected chi connectivity index (χ1v) is 6.80. The van der Waals surface area contributed by atoms with E-state index >= 15 is 0 Å². The summed E-state index contributed by atoms with van der Waals surface area (Å²) in [4.78, 5) is 0. The molecule has 2 rings (SSSR count). The van der Waals surface area contributed by atoms with Crippen LogP contribution in [0.5, 0.6) is 17.2 Å². The molecule has 0 N–H and O–H groups in total. The minimum atomic E-state index is -0.0820. The molecular weight excluding hydrogens is 264 g/mol. The van der Waals surface area contributed by atoms with Crippen molar-refractivity contribution in [3.05, 3.63) is 60.0 Å². The Labute approximate surface area is 126 Å². The second kappa shape index (κ2) is 6.53. The molecule has 21 heavy (non-hydrogen) atoms. The van der Waals surface area contributed by atoms with Crippen molar-refractivity contribution in [3.63, 3.8) is 0 Å². The van der Waals surface area contributed by atoms with Gasteiger partial charge in [-0.2, -0.15) is 0 Å². The fourth-order valence-corrected chi connectivity index (χ4v) is 2.34. The van der Waals surface area contributed by atoms with Gasteiger partial charge in [-0.3, -0.25) is 0 Å². The normalized spacial score (nSPS) is 11.9. The highest BCUT2D eigenvalue weighted by molar-refractivity contribution is 5.55. The number of hydrogen-bond acceptors (Lipinski definition) is 3. The van der Waals surface area contributed by atoms with E-state index in [0.29, 0.717) is 17.2 Å². The summed E-state index contributed by atoms with van der Waals surface area (Å²) in [6.07, 6.45) is 0. The van der Waals surface area contributed by atoms with Crippen molar-refractivity contribution in [1.29, 1.82) is 0 Å². The largest absolute Gasteiger partial charge is 0.496 e. The molecule has 111 valence electrons. The van der Waals surface area contributed by atoms with Crippen LogP contribution in [0.3, 0.4) is 0 Å². The summed E-state index contributed by atoms with van der Waals surface area (Å²) in [6, 6.07) is 12.0. The summed E-state index contributed by atoms with van der Waals surface area (Å²) in [5.41, 5.74) is 3.26. The molecule has 1 atom stereocenters. The molecule has 0 spiro atoms. The first kappa shape index (κ1) is 15.2. The zero-order valence-corrected chi connectivity index (χ0v) is 13.0. The third kappa shape index (κ3) is 3.13. The quantitative estimate of drug-likeness (QED) is 0.831. The summed E-state index contributed by atoms with van der Waals surface area (Å²) in [6.45, 7) is 6.35. The van der Waals surface area contributed by atoms with Gasteiger partial charge in [-0.15, -0.1) is 0 Å². The molecule has 0 saturated carbocycles. The van der Waals surface area contributed by atoms with Crippen LogP contribution in [0.2, 0.25) is 0 Å². The van der Waals surface area contributed by atoms with Crippen molar-refractivity contribution in [2.45, 2.75) is 12.8 Å². The standard InChI is InChI=1S/C18H21O3/c1-12-6-8-14(9-7-12)13(2)18-16(20-4)10-15(19-3)11-17(18)21-5/h6-11,13H,2H2,1,3-5H3. The van der Waals surface area contributed by atoms with Gasteiger partial charge in [0.2, 0.25) is 0 Å². The molecular formula is C18H21O3. The maximum atomic E-state index is 5.50. The second-order valence-electron chi connectivity index (χ2n) is 4.91. The van der Waals surface area contributed by atoms with Crippen LogP contribution in [-0.2, 0) is 0 Å². The Morgan fingerprint density at radius 1 is 0.857 bits per heavy atom. The smallest absolute Gasteiger partial charge is 0.130 e. The van der Waals surface area contributed by atoms with E-state index in [0.717, 1.165) is 11.1 Å². The predicted octanol–water partition coefficient (Wildman–Crippen LogP) is 3.99. The average Bonchev–Trinajstić information content (AvgIpc) is 2.53. The lowest BCUT2D eigenvalue weighted by Crippen LogP contribution is -2.04. The molecule has 0 aliphatic heterocycles. The van der Waals surface area contributed by atoms with E-state index in [9.17, 15) is 0 Å². The summed E-state index contributed by atoms with van der Waals surface area (Å²) in [5.74, 6) is 2.04. The van der Waals surface area contributed by atoms with Crippen LogP contribution >= 0.6 is 0 Å². The van der Waals surface area contributed by atoms with E-state index < -0.39 is 0 Å². The minimum absolute atomic E-state index is 0.0820. The molecule has 2 aromatic carbocycles. The van der Waals surface area contributed by atoms with Gasteiger partial charge in [0.15, 0.2) is 0 Å². The number of benzene rings is 2. The average molecular weight is 285 g/mol. The molecule has 0 bridgehead atoms. The van der Waals surface area contributed by atoms with Crippen molar-refractivity contribution in [3.8, 4) is 17.2 Å². The van der Waals surface area contributed by atoms with Gasteiger partial charge >= 0.3 is 0 Å². The Kier molecular flexibility index (Phi) is 4.73. The van der Waals surface area contributed by atoms with Crippen LogP contribution in [0.1, 0.15) is 22.6 Å². The van der Waals surface area contributed by atoms with E-state index in [1.54, 1.807) is 21.3 Å². The van der Waals surface area contributed by atoms with Crippen LogP contribution in [0.25, 0.3) is 0 Å². The van der Waals surface area contributed by atoms with Gasteiger partial charge in [-0.1, -0.05) is 29.8 Å². The molecule has 1 unspecified atom stereocenters. The highest BCUT2D eigenvalue weighted by Crippen LogP contribution is 2.41. The van der Waals surface area contributed by atoms with Crippen molar-refractivity contribution in [2.24, 2.45) is 0 Å². The molecule has 0 fully saturated rings. The molecule has 3 heteroatoms. The molecule has 0 amide bonds. The third-order valence-corrected chi connectivity index (χ3v) is 3.58. The highest BCUT2D eigenvalue weighted by atomic mass is 16.5. The fourth-order valence-electron chi connectivity index (χ4n) is 2.34. The Bertz CT molecular complexity index is 577. The lowest BCUT2D eigenvalue weighted by atomic mass is 9.91. The summed E-state index contributed by atoms with van der Waals surface area (Å²) in [5, 5.41) is 0. The Hall–Kier alpha value is -2.16. The summed E-state index contributed by atoms with van der Waals surface area (Å²) in [7, 11) is 4.90. The first-order valence-electron chi connectivity index (χ1n) is 6.80. The fraction of sp³-hybridized carbons (Fsp3) is 0.278. The summed E-state index contributed by atoms with van der Waals surface area (Å²) < 4.78 is 16.3. The van der Waals surface area contributed by atoms with E-state index in [2.05, 4.69) is 38.1 Å². The van der Waals surface area contributed by atoms with Crippen molar-refractivity contribution in [2.75, 3.05) is 21.3 Å². The van der Waals surface area contributed by atoms with Gasteiger partial charge in [0.1, 0.15) is 17.2 Å². The molecule has 0 aliphatic rings. The predicted molar refractivity (Wildman–Crippen MR) is 84.5 cm³/mol. The highest BCUT2D eigenvalue weighted by Gasteiger charge is 2.20. The van der Waals surface area contributed by atoms with Gasteiger partial charge in [0.25, 0.3) is 0 Å². The van der Waals surface area contributed by atoms with Gasteiger partial charge in [-0.05, 0) is 19.4 Å². The van der Waals surface area contributed by atoms with E-state index in [1.165, 1.54) is 5.56 Å². The molecule has 2 aromatic rings. The number of aryl methyl sites for hydroxylation is 1. The number of methoxy groups -OCH3 is 3. The lowest BCUT2D eigenvalue weighted by molar-refractivity contribution is 0.368. The van der Waals surface area contributed by atoms with E-state index in [1.807, 2.05) is 12.1 Å². The molecule has 0 heterocycles. The van der Waals surface area contributed by atoms with Crippen LogP contribution in [0.4, 0.5) is 0 Å². The van der Waals surface area contributed by atoms with Crippen molar-refractivity contribution in [1.82, 2.24) is 0 Å². The maximum Gasteiger partial charge on any atom is 0.130 e. The number of ether oxygens (including phenoxy) is 3. The van der Waals surface area contributed by atoms with Crippen molar-refractivity contribution >= 4 is 0 Å². The van der Waals surface area contributed by atoms with Gasteiger partial charge in [-0.25, -0.2) is 0 Å². The van der Waals surface area contributed by atoms with E-state index in [4.69, 9.17) is 14.2 Å². The Balaban J connectivity index is 2.52. The summed E-state index contributed by atoms with van der Waals surface area (Å²) >= 11 is 0. The molecule has 3 nitrogen and oxygen atoms in total. The third-order valence-electron chi connectivity index (χ3n) is 3.58. The Morgan fingerprint density at radius 2 is 1.38 bits per heavy atom. The minimum Gasteiger partial charge on any atom is -0.496 e. The zero-order valence-electron chi connectivity index (χ0n) is 13.0. The molecule has 0 saturated heterocycles. The Morgan fingerprint density at radius 3 is 1.81 bits per heavy atom. The number of rotatable bonds is 5. The second-order valence-corrected chi connectivity index (χ2v) is 4.91. The first-order chi connectivity index (χ1) is 10.1. The van der Waals surface area contributed by atoms with Gasteiger partial charge in [0.05, 0.1) is 21.3 Å². The van der Waals surface area contributed by atoms with Gasteiger partial charge in [0, 0.05) is 23.6 Å². The van der Waals surface area contributed by atoms with Crippen LogP contribution in [0, 0.1) is 13.8 Å². The molecule has 0 aliphatic carbocycles. The van der Waals surface area contributed by atoms with Crippen LogP contribution in [0.15, 0.2) is 36.4 Å². The number of hydrogen-bond donors (Lipinski definition) is 0. The van der Waals surface area contributed by atoms with Crippen molar-refractivity contribution < 1.29 is 14.2 Å².